The van der Waals surface area contributed by atoms with Crippen LogP contribution < -0.4 is 4.90 Å². The van der Waals surface area contributed by atoms with Crippen LogP contribution in [0.1, 0.15) is 19.0 Å². The molecule has 1 amide bonds. The molecule has 0 radical (unpaired) electrons. The molecular weight excluding hydrogens is 314 g/mol. The third-order valence-electron chi connectivity index (χ3n) is 4.21. The number of nitrogens with zero attached hydrogens (tertiary/aromatic N) is 2. The van der Waals surface area contributed by atoms with Gasteiger partial charge in [0.2, 0.25) is 5.91 Å². The van der Waals surface area contributed by atoms with Crippen LogP contribution in [0.5, 0.6) is 0 Å². The van der Waals surface area contributed by atoms with Gasteiger partial charge in [-0.15, -0.1) is 0 Å². The lowest BCUT2D eigenvalue weighted by molar-refractivity contribution is -0.123. The number of anilines is 1. The van der Waals surface area contributed by atoms with E-state index < -0.39 is 11.6 Å². The van der Waals surface area contributed by atoms with Gasteiger partial charge in [-0.1, -0.05) is 6.07 Å². The second-order valence-corrected chi connectivity index (χ2v) is 5.81. The van der Waals surface area contributed by atoms with E-state index in [1.165, 1.54) is 11.0 Å². The van der Waals surface area contributed by atoms with E-state index in [4.69, 9.17) is 4.74 Å². The topological polar surface area (TPSA) is 42.4 Å². The quantitative estimate of drug-likeness (QED) is 0.862. The van der Waals surface area contributed by atoms with E-state index in [2.05, 4.69) is 4.98 Å². The first-order chi connectivity index (χ1) is 11.6. The van der Waals surface area contributed by atoms with Crippen molar-refractivity contribution in [3.8, 4) is 0 Å². The zero-order valence-electron chi connectivity index (χ0n) is 13.3. The van der Waals surface area contributed by atoms with Gasteiger partial charge < -0.3 is 9.64 Å². The van der Waals surface area contributed by atoms with Crippen molar-refractivity contribution in [2.24, 2.45) is 5.92 Å². The molecule has 1 aliphatic heterocycles. The number of carbonyl (C=O) groups excluding carboxylic acids is 1. The summed E-state index contributed by atoms with van der Waals surface area (Å²) in [6, 6.07) is 8.53. The summed E-state index contributed by atoms with van der Waals surface area (Å²) in [6.45, 7) is 2.45. The Morgan fingerprint density at radius 1 is 1.33 bits per heavy atom. The fraction of sp³-hybridized carbons (Fsp3) is 0.333. The Bertz CT molecular complexity index is 724. The van der Waals surface area contributed by atoms with Crippen LogP contribution in [0.15, 0.2) is 42.6 Å². The Morgan fingerprint density at radius 2 is 2.17 bits per heavy atom. The van der Waals surface area contributed by atoms with Gasteiger partial charge in [-0.2, -0.15) is 0 Å². The number of rotatable bonds is 4. The predicted octanol–water partition coefficient (Wildman–Crippen LogP) is 3.32. The monoisotopic (exact) mass is 332 g/mol. The lowest BCUT2D eigenvalue weighted by Crippen LogP contribution is -2.39. The second-order valence-electron chi connectivity index (χ2n) is 5.81. The highest BCUT2D eigenvalue weighted by Crippen LogP contribution is 2.28. The Hall–Kier alpha value is -2.34. The van der Waals surface area contributed by atoms with E-state index >= 15 is 0 Å². The molecule has 0 saturated carbocycles. The summed E-state index contributed by atoms with van der Waals surface area (Å²) in [6.07, 6.45) is 1.97. The fourth-order valence-electron chi connectivity index (χ4n) is 2.89. The van der Waals surface area contributed by atoms with Gasteiger partial charge in [0.15, 0.2) is 0 Å². The van der Waals surface area contributed by atoms with Crippen molar-refractivity contribution >= 4 is 11.6 Å². The molecule has 126 valence electrons. The number of pyridine rings is 1. The van der Waals surface area contributed by atoms with Gasteiger partial charge in [-0.3, -0.25) is 9.78 Å². The molecule has 1 aromatic carbocycles. The minimum Gasteiger partial charge on any atom is -0.378 e. The zero-order valence-corrected chi connectivity index (χ0v) is 13.3. The highest BCUT2D eigenvalue weighted by Gasteiger charge is 2.35. The van der Waals surface area contributed by atoms with Crippen LogP contribution in [0, 0.1) is 17.6 Å². The number of ether oxygens (including phenoxy) is 1. The van der Waals surface area contributed by atoms with E-state index in [0.29, 0.717) is 18.7 Å². The van der Waals surface area contributed by atoms with Crippen molar-refractivity contribution < 1.29 is 18.3 Å². The summed E-state index contributed by atoms with van der Waals surface area (Å²) in [4.78, 5) is 18.5. The van der Waals surface area contributed by atoms with Crippen LogP contribution in [-0.2, 0) is 16.1 Å². The second kappa shape index (κ2) is 7.05. The normalized spacial score (nSPS) is 20.1. The lowest BCUT2D eigenvalue weighted by Gasteiger charge is -2.27. The van der Waals surface area contributed by atoms with Crippen molar-refractivity contribution in [2.45, 2.75) is 26.0 Å². The molecule has 4 nitrogen and oxygen atoms in total. The Morgan fingerprint density at radius 3 is 2.79 bits per heavy atom. The molecule has 0 N–H and O–H groups in total. The highest BCUT2D eigenvalue weighted by atomic mass is 19.1. The van der Waals surface area contributed by atoms with Crippen molar-refractivity contribution in [3.63, 3.8) is 0 Å². The number of amides is 1. The molecule has 1 aliphatic rings. The van der Waals surface area contributed by atoms with Gasteiger partial charge in [-0.25, -0.2) is 8.78 Å². The molecule has 0 spiro atoms. The summed E-state index contributed by atoms with van der Waals surface area (Å²) < 4.78 is 32.9. The van der Waals surface area contributed by atoms with E-state index in [-0.39, 0.29) is 30.2 Å². The Balaban J connectivity index is 1.95. The van der Waals surface area contributed by atoms with Crippen LogP contribution in [0.2, 0.25) is 0 Å². The maximum atomic E-state index is 14.3. The lowest BCUT2D eigenvalue weighted by atomic mass is 10.0. The molecular formula is C18H18F2N2O2. The highest BCUT2D eigenvalue weighted by molar-refractivity contribution is 5.95. The van der Waals surface area contributed by atoms with Crippen LogP contribution in [0.25, 0.3) is 0 Å². The van der Waals surface area contributed by atoms with Gasteiger partial charge in [-0.05, 0) is 37.6 Å². The van der Waals surface area contributed by atoms with E-state index in [1.807, 2.05) is 6.92 Å². The molecule has 0 bridgehead atoms. The average Bonchev–Trinajstić information content (AvgIpc) is 3.00. The molecule has 1 fully saturated rings. The largest absolute Gasteiger partial charge is 0.378 e. The molecule has 24 heavy (non-hydrogen) atoms. The van der Waals surface area contributed by atoms with Crippen LogP contribution >= 0.6 is 0 Å². The van der Waals surface area contributed by atoms with Crippen molar-refractivity contribution in [1.29, 1.82) is 0 Å². The maximum Gasteiger partial charge on any atom is 0.233 e. The predicted molar refractivity (Wildman–Crippen MR) is 85.3 cm³/mol. The number of halogens is 2. The first-order valence-corrected chi connectivity index (χ1v) is 7.84. The van der Waals surface area contributed by atoms with Gasteiger partial charge in [0.05, 0.1) is 29.9 Å². The standard InChI is InChI=1S/C18H18F2N2O2/c1-12-15(7-9-24-12)18(23)22(11-14-4-2-3-8-21-14)17-6-5-13(19)10-16(17)20/h2-6,8,10,12,15H,7,9,11H2,1H3/t12-,15+/m0/s1. The number of hydrogen-bond donors (Lipinski definition) is 0. The molecule has 6 heteroatoms. The molecule has 0 unspecified atom stereocenters. The third-order valence-corrected chi connectivity index (χ3v) is 4.21. The third kappa shape index (κ3) is 3.43. The van der Waals surface area contributed by atoms with Crippen molar-refractivity contribution in [2.75, 3.05) is 11.5 Å². The van der Waals surface area contributed by atoms with Gasteiger partial charge in [0.25, 0.3) is 0 Å². The Labute approximate surface area is 139 Å². The molecule has 2 heterocycles. The SMILES string of the molecule is C[C@@H]1OCC[C@H]1C(=O)N(Cc1ccccn1)c1ccc(F)cc1F. The molecule has 1 saturated heterocycles. The van der Waals surface area contributed by atoms with Gasteiger partial charge in [0, 0.05) is 18.9 Å². The van der Waals surface area contributed by atoms with E-state index in [1.54, 1.807) is 24.4 Å². The molecule has 2 atom stereocenters. The number of benzene rings is 1. The molecule has 3 rings (SSSR count). The van der Waals surface area contributed by atoms with Gasteiger partial charge >= 0.3 is 0 Å². The van der Waals surface area contributed by atoms with E-state index in [0.717, 1.165) is 12.1 Å². The van der Waals surface area contributed by atoms with E-state index in [9.17, 15) is 13.6 Å². The zero-order chi connectivity index (χ0) is 17.1. The molecule has 0 aliphatic carbocycles. The smallest absolute Gasteiger partial charge is 0.233 e. The maximum absolute atomic E-state index is 14.3. The minimum absolute atomic E-state index is 0.0474. The molecule has 2 aromatic rings. The van der Waals surface area contributed by atoms with Crippen LogP contribution in [0.4, 0.5) is 14.5 Å². The summed E-state index contributed by atoms with van der Waals surface area (Å²) in [5, 5.41) is 0. The van der Waals surface area contributed by atoms with Gasteiger partial charge in [0.1, 0.15) is 11.6 Å². The Kier molecular flexibility index (Phi) is 4.85. The minimum atomic E-state index is -0.772. The summed E-state index contributed by atoms with van der Waals surface area (Å²) in [7, 11) is 0. The number of hydrogen-bond acceptors (Lipinski definition) is 3. The first-order valence-electron chi connectivity index (χ1n) is 7.84. The van der Waals surface area contributed by atoms with Crippen molar-refractivity contribution in [1.82, 2.24) is 4.98 Å². The number of aromatic nitrogens is 1. The first kappa shape index (κ1) is 16.5. The fourth-order valence-corrected chi connectivity index (χ4v) is 2.89. The summed E-state index contributed by atoms with van der Waals surface area (Å²) >= 11 is 0. The van der Waals surface area contributed by atoms with Crippen LogP contribution in [0.3, 0.4) is 0 Å². The number of carbonyl (C=O) groups is 1. The average molecular weight is 332 g/mol. The summed E-state index contributed by atoms with van der Waals surface area (Å²) in [5.41, 5.74) is 0.673. The van der Waals surface area contributed by atoms with Crippen molar-refractivity contribution in [3.05, 3.63) is 59.9 Å². The summed E-state index contributed by atoms with van der Waals surface area (Å²) in [5.74, 6) is -2.04. The van der Waals surface area contributed by atoms with Crippen LogP contribution in [-0.4, -0.2) is 23.6 Å². The molecule has 1 aromatic heterocycles.